The van der Waals surface area contributed by atoms with Gasteiger partial charge in [-0.25, -0.2) is 13.1 Å². The third-order valence-corrected chi connectivity index (χ3v) is 6.26. The maximum atomic E-state index is 12.3. The van der Waals surface area contributed by atoms with Crippen molar-refractivity contribution in [3.8, 4) is 0 Å². The summed E-state index contributed by atoms with van der Waals surface area (Å²) in [5.41, 5.74) is 0.823. The van der Waals surface area contributed by atoms with Gasteiger partial charge in [0.15, 0.2) is 0 Å². The second kappa shape index (κ2) is 7.29. The van der Waals surface area contributed by atoms with E-state index in [-0.39, 0.29) is 11.4 Å². The summed E-state index contributed by atoms with van der Waals surface area (Å²) in [6.45, 7) is 1.93. The largest absolute Gasteiger partial charge is 0.375 e. The fourth-order valence-corrected chi connectivity index (χ4v) is 4.25. The minimum absolute atomic E-state index is 0.112. The predicted octanol–water partition coefficient (Wildman–Crippen LogP) is 4.03. The fraction of sp³-hybridized carbons (Fsp3) is 0.286. The van der Waals surface area contributed by atoms with E-state index in [1.165, 1.54) is 30.6 Å². The Labute approximate surface area is 144 Å². The Balaban J connectivity index is 2.12. The summed E-state index contributed by atoms with van der Waals surface area (Å²) in [6.07, 6.45) is -0.395. The molecule has 0 saturated heterocycles. The smallest absolute Gasteiger partial charge is 0.240 e. The molecular formula is C14H15Cl2NO3S2. The molecule has 0 aliphatic rings. The number of benzene rings is 1. The lowest BCUT2D eigenvalue weighted by Crippen LogP contribution is -2.29. The van der Waals surface area contributed by atoms with Crippen molar-refractivity contribution in [2.75, 3.05) is 13.7 Å². The maximum Gasteiger partial charge on any atom is 0.240 e. The molecule has 22 heavy (non-hydrogen) atoms. The Morgan fingerprint density at radius 2 is 2.00 bits per heavy atom. The third kappa shape index (κ3) is 4.22. The molecule has 1 unspecified atom stereocenters. The van der Waals surface area contributed by atoms with Crippen LogP contribution in [-0.2, 0) is 14.8 Å². The van der Waals surface area contributed by atoms with Crippen molar-refractivity contribution in [1.29, 1.82) is 0 Å². The average Bonchev–Trinajstić information content (AvgIpc) is 2.89. The Hall–Kier alpha value is -0.630. The molecular weight excluding hydrogens is 365 g/mol. The Kier molecular flexibility index (Phi) is 5.87. The summed E-state index contributed by atoms with van der Waals surface area (Å²) >= 11 is 13.2. The minimum atomic E-state index is -3.65. The summed E-state index contributed by atoms with van der Waals surface area (Å²) in [6, 6.07) is 8.19. The highest BCUT2D eigenvalue weighted by atomic mass is 35.5. The minimum Gasteiger partial charge on any atom is -0.375 e. The molecule has 1 heterocycles. The quantitative estimate of drug-likeness (QED) is 0.823. The van der Waals surface area contributed by atoms with Gasteiger partial charge in [-0.1, -0.05) is 29.3 Å². The summed E-state index contributed by atoms with van der Waals surface area (Å²) < 4.78 is 33.1. The van der Waals surface area contributed by atoms with Crippen LogP contribution < -0.4 is 4.72 Å². The van der Waals surface area contributed by atoms with Crippen LogP contribution in [0, 0.1) is 6.92 Å². The molecule has 1 aromatic carbocycles. The third-order valence-electron chi connectivity index (χ3n) is 3.11. The van der Waals surface area contributed by atoms with Gasteiger partial charge in [-0.15, -0.1) is 11.3 Å². The number of hydrogen-bond donors (Lipinski definition) is 1. The van der Waals surface area contributed by atoms with Crippen molar-refractivity contribution in [2.45, 2.75) is 17.9 Å². The van der Waals surface area contributed by atoms with E-state index in [2.05, 4.69) is 4.72 Å². The molecule has 0 saturated carbocycles. The average molecular weight is 380 g/mol. The Morgan fingerprint density at radius 1 is 1.27 bits per heavy atom. The molecule has 120 valence electrons. The monoisotopic (exact) mass is 379 g/mol. The van der Waals surface area contributed by atoms with Crippen molar-refractivity contribution >= 4 is 44.6 Å². The van der Waals surface area contributed by atoms with Crippen molar-refractivity contribution in [3.63, 3.8) is 0 Å². The van der Waals surface area contributed by atoms with Gasteiger partial charge < -0.3 is 4.74 Å². The molecule has 0 aliphatic carbocycles. The number of thiophene rings is 1. The number of aryl methyl sites for hydroxylation is 1. The van der Waals surface area contributed by atoms with Crippen molar-refractivity contribution < 1.29 is 13.2 Å². The first-order chi connectivity index (χ1) is 10.3. The van der Waals surface area contributed by atoms with E-state index in [1.807, 2.05) is 13.0 Å². The van der Waals surface area contributed by atoms with Gasteiger partial charge in [-0.05, 0) is 36.8 Å². The molecule has 0 amide bonds. The van der Waals surface area contributed by atoms with Gasteiger partial charge in [0.2, 0.25) is 10.0 Å². The fourth-order valence-electron chi connectivity index (χ4n) is 1.81. The first-order valence-electron chi connectivity index (χ1n) is 6.37. The van der Waals surface area contributed by atoms with Crippen LogP contribution in [0.2, 0.25) is 9.36 Å². The van der Waals surface area contributed by atoms with Crippen LogP contribution in [0.1, 0.15) is 16.5 Å². The molecule has 0 radical (unpaired) electrons. The standard InChI is InChI=1S/C14H15Cl2NO3S2/c1-9-3-4-10(7-11(9)15)22(18,19)17-8-12(20-2)13-5-6-14(16)21-13/h3-7,12,17H,8H2,1-2H3. The number of ether oxygens (including phenoxy) is 1. The van der Waals surface area contributed by atoms with Crippen LogP contribution in [0.25, 0.3) is 0 Å². The highest BCUT2D eigenvalue weighted by Gasteiger charge is 2.19. The highest BCUT2D eigenvalue weighted by Crippen LogP contribution is 2.28. The van der Waals surface area contributed by atoms with Gasteiger partial charge in [0.1, 0.15) is 6.10 Å². The number of methoxy groups -OCH3 is 1. The van der Waals surface area contributed by atoms with E-state index in [4.69, 9.17) is 27.9 Å². The number of halogens is 2. The van der Waals surface area contributed by atoms with Crippen LogP contribution in [0.5, 0.6) is 0 Å². The summed E-state index contributed by atoms with van der Waals surface area (Å²) in [5, 5.41) is 0.413. The van der Waals surface area contributed by atoms with Gasteiger partial charge in [0.25, 0.3) is 0 Å². The van der Waals surface area contributed by atoms with E-state index < -0.39 is 16.1 Å². The lowest BCUT2D eigenvalue weighted by atomic mass is 10.2. The van der Waals surface area contributed by atoms with E-state index >= 15 is 0 Å². The van der Waals surface area contributed by atoms with Crippen LogP contribution in [0.4, 0.5) is 0 Å². The van der Waals surface area contributed by atoms with Gasteiger partial charge in [-0.3, -0.25) is 0 Å². The SMILES string of the molecule is COC(CNS(=O)(=O)c1ccc(C)c(Cl)c1)c1ccc(Cl)s1. The summed E-state index contributed by atoms with van der Waals surface area (Å²) in [4.78, 5) is 0.985. The van der Waals surface area contributed by atoms with Gasteiger partial charge >= 0.3 is 0 Å². The lowest BCUT2D eigenvalue weighted by Gasteiger charge is -2.15. The van der Waals surface area contributed by atoms with Gasteiger partial charge in [0.05, 0.1) is 9.23 Å². The lowest BCUT2D eigenvalue weighted by molar-refractivity contribution is 0.110. The Bertz CT molecular complexity index is 759. The molecule has 1 N–H and O–H groups in total. The zero-order valence-electron chi connectivity index (χ0n) is 12.0. The van der Waals surface area contributed by atoms with Crippen molar-refractivity contribution in [2.24, 2.45) is 0 Å². The molecule has 2 aromatic rings. The van der Waals surface area contributed by atoms with E-state index in [9.17, 15) is 8.42 Å². The number of sulfonamides is 1. The van der Waals surface area contributed by atoms with Crippen molar-refractivity contribution in [1.82, 2.24) is 4.72 Å². The highest BCUT2D eigenvalue weighted by molar-refractivity contribution is 7.89. The molecule has 4 nitrogen and oxygen atoms in total. The molecule has 2 rings (SSSR count). The molecule has 0 aliphatic heterocycles. The van der Waals surface area contributed by atoms with Crippen molar-refractivity contribution in [3.05, 3.63) is 50.1 Å². The predicted molar refractivity (Wildman–Crippen MR) is 90.5 cm³/mol. The number of rotatable bonds is 6. The maximum absolute atomic E-state index is 12.3. The Morgan fingerprint density at radius 3 is 2.55 bits per heavy atom. The van der Waals surface area contributed by atoms with E-state index in [0.717, 1.165) is 10.4 Å². The summed E-state index contributed by atoms with van der Waals surface area (Å²) in [5.74, 6) is 0. The molecule has 8 heteroatoms. The number of nitrogens with one attached hydrogen (secondary N) is 1. The van der Waals surface area contributed by atoms with Crippen LogP contribution in [0.15, 0.2) is 35.2 Å². The first kappa shape index (κ1) is 17.7. The second-order valence-electron chi connectivity index (χ2n) is 4.63. The topological polar surface area (TPSA) is 55.4 Å². The van der Waals surface area contributed by atoms with Crippen LogP contribution >= 0.6 is 34.5 Å². The normalized spacial score (nSPS) is 13.3. The zero-order chi connectivity index (χ0) is 16.3. The molecule has 0 bridgehead atoms. The first-order valence-corrected chi connectivity index (χ1v) is 9.43. The molecule has 1 atom stereocenters. The van der Waals surface area contributed by atoms with Gasteiger partial charge in [0, 0.05) is 23.6 Å². The summed E-state index contributed by atoms with van der Waals surface area (Å²) in [7, 11) is -2.13. The second-order valence-corrected chi connectivity index (χ2v) is 8.55. The number of hydrogen-bond acceptors (Lipinski definition) is 4. The van der Waals surface area contributed by atoms with E-state index in [0.29, 0.717) is 9.36 Å². The van der Waals surface area contributed by atoms with Crippen LogP contribution in [-0.4, -0.2) is 22.1 Å². The molecule has 0 spiro atoms. The van der Waals surface area contributed by atoms with Gasteiger partial charge in [-0.2, -0.15) is 0 Å². The molecule has 1 aromatic heterocycles. The molecule has 0 fully saturated rings. The zero-order valence-corrected chi connectivity index (χ0v) is 15.1. The van der Waals surface area contributed by atoms with Crippen LogP contribution in [0.3, 0.4) is 0 Å². The van der Waals surface area contributed by atoms with E-state index in [1.54, 1.807) is 12.1 Å².